The number of alkyl halides is 3. The molecular weight excluding hydrogens is 539 g/mol. The number of benzene rings is 2. The maximum absolute atomic E-state index is 13.0. The van der Waals surface area contributed by atoms with Crippen molar-refractivity contribution < 1.29 is 36.9 Å². The van der Waals surface area contributed by atoms with Gasteiger partial charge in [-0.1, -0.05) is 5.21 Å². The molecule has 17 heteroatoms. The minimum atomic E-state index is -5.27. The van der Waals surface area contributed by atoms with E-state index in [0.717, 1.165) is 0 Å². The minimum Gasteiger partial charge on any atom is -0.493 e. The van der Waals surface area contributed by atoms with E-state index < -0.39 is 18.0 Å². The summed E-state index contributed by atoms with van der Waals surface area (Å²) in [5.74, 6) is -1.97. The number of aryl methyl sites for hydroxylation is 1. The van der Waals surface area contributed by atoms with Gasteiger partial charge in [-0.2, -0.15) is 23.4 Å². The Morgan fingerprint density at radius 1 is 0.950 bits per heavy atom. The maximum atomic E-state index is 13.0. The molecule has 206 valence electrons. The highest BCUT2D eigenvalue weighted by Gasteiger charge is 2.42. The number of nitrogens with zero attached hydrogens (tertiary/aromatic N) is 7. The number of aromatic nitrogens is 8. The molecule has 0 aliphatic rings. The van der Waals surface area contributed by atoms with E-state index in [1.807, 2.05) is 0 Å². The fraction of sp³-hybridized carbons (Fsp3) is 0.217. The summed E-state index contributed by atoms with van der Waals surface area (Å²) in [6, 6.07) is 7.62. The van der Waals surface area contributed by atoms with Crippen molar-refractivity contribution in [2.24, 2.45) is 0 Å². The van der Waals surface area contributed by atoms with Crippen molar-refractivity contribution in [1.82, 2.24) is 40.6 Å². The van der Waals surface area contributed by atoms with Gasteiger partial charge in [0, 0.05) is 11.5 Å². The van der Waals surface area contributed by atoms with Crippen molar-refractivity contribution in [3.05, 3.63) is 41.9 Å². The lowest BCUT2D eigenvalue weighted by Crippen LogP contribution is -2.28. The number of halogens is 3. The van der Waals surface area contributed by atoms with Crippen LogP contribution >= 0.6 is 0 Å². The zero-order chi connectivity index (χ0) is 28.4. The zero-order valence-corrected chi connectivity index (χ0v) is 20.9. The summed E-state index contributed by atoms with van der Waals surface area (Å²) in [7, 11) is 2.98. The number of carbonyl (C=O) groups excluding carboxylic acids is 1. The lowest BCUT2D eigenvalue weighted by Gasteiger charge is -2.13. The molecule has 0 aliphatic heterocycles. The van der Waals surface area contributed by atoms with Crippen molar-refractivity contribution in [1.29, 1.82) is 0 Å². The molecule has 2 N–H and O–H groups in total. The van der Waals surface area contributed by atoms with Crippen LogP contribution in [-0.4, -0.2) is 66.9 Å². The Bertz CT molecular complexity index is 1710. The highest BCUT2D eigenvalue weighted by molar-refractivity contribution is 5.90. The van der Waals surface area contributed by atoms with E-state index in [0.29, 0.717) is 28.1 Å². The number of anilines is 2. The number of methoxy groups -OCH3 is 2. The molecule has 0 unspecified atom stereocenters. The molecule has 0 aliphatic carbocycles. The van der Waals surface area contributed by atoms with E-state index in [1.165, 1.54) is 32.4 Å². The first-order chi connectivity index (χ1) is 19.1. The molecular formula is C23H18F3N9O5. The van der Waals surface area contributed by atoms with Gasteiger partial charge >= 0.3 is 12.1 Å². The number of esters is 1. The Morgan fingerprint density at radius 3 is 2.38 bits per heavy atom. The molecule has 3 aromatic heterocycles. The monoisotopic (exact) mass is 557 g/mol. The van der Waals surface area contributed by atoms with E-state index in [9.17, 15) is 18.0 Å². The predicted octanol–water partition coefficient (Wildman–Crippen LogP) is 3.20. The van der Waals surface area contributed by atoms with Gasteiger partial charge < -0.3 is 18.9 Å². The number of aromatic amines is 1. The maximum Gasteiger partial charge on any atom is 0.491 e. The Morgan fingerprint density at radius 2 is 1.68 bits per heavy atom. The number of hydrogen-bond donors (Lipinski definition) is 2. The second kappa shape index (κ2) is 10.4. The number of hydrogen-bond acceptors (Lipinski definition) is 13. The van der Waals surface area contributed by atoms with Gasteiger partial charge in [0.05, 0.1) is 36.3 Å². The summed E-state index contributed by atoms with van der Waals surface area (Å²) >= 11 is 0. The van der Waals surface area contributed by atoms with Crippen molar-refractivity contribution in [3.8, 4) is 23.1 Å². The number of rotatable bonds is 8. The predicted molar refractivity (Wildman–Crippen MR) is 130 cm³/mol. The van der Waals surface area contributed by atoms with Crippen LogP contribution in [0.1, 0.15) is 11.5 Å². The average molecular weight is 557 g/mol. The van der Waals surface area contributed by atoms with Crippen LogP contribution in [0.5, 0.6) is 23.1 Å². The van der Waals surface area contributed by atoms with Gasteiger partial charge in [0.2, 0.25) is 23.6 Å². The molecule has 0 radical (unpaired) electrons. The summed E-state index contributed by atoms with van der Waals surface area (Å²) in [4.78, 5) is 28.8. The smallest absolute Gasteiger partial charge is 0.491 e. The molecule has 2 aromatic carbocycles. The number of ether oxygens (including phenoxy) is 4. The van der Waals surface area contributed by atoms with Crippen LogP contribution in [0.2, 0.25) is 0 Å². The molecule has 0 fully saturated rings. The summed E-state index contributed by atoms with van der Waals surface area (Å²) in [5, 5.41) is 16.6. The van der Waals surface area contributed by atoms with Crippen molar-refractivity contribution >= 4 is 39.7 Å². The van der Waals surface area contributed by atoms with Crippen LogP contribution in [0.25, 0.3) is 21.8 Å². The van der Waals surface area contributed by atoms with Crippen LogP contribution in [0.4, 0.5) is 25.1 Å². The first kappa shape index (κ1) is 26.3. The van der Waals surface area contributed by atoms with Gasteiger partial charge in [-0.15, -0.1) is 10.2 Å². The third-order valence-electron chi connectivity index (χ3n) is 5.43. The Balaban J connectivity index is 1.52. The number of tetrazole rings is 1. The first-order valence-corrected chi connectivity index (χ1v) is 11.3. The number of H-pyrrole nitrogens is 1. The topological polar surface area (TPSA) is 172 Å². The number of fused-ring (bicyclic) bond motifs is 2. The highest BCUT2D eigenvalue weighted by atomic mass is 19.4. The van der Waals surface area contributed by atoms with E-state index in [2.05, 4.69) is 50.6 Å². The zero-order valence-electron chi connectivity index (χ0n) is 20.9. The average Bonchev–Trinajstić information content (AvgIpc) is 3.44. The fourth-order valence-electron chi connectivity index (χ4n) is 3.60. The van der Waals surface area contributed by atoms with Crippen LogP contribution in [0.15, 0.2) is 30.3 Å². The summed E-state index contributed by atoms with van der Waals surface area (Å²) < 4.78 is 59.9. The first-order valence-electron chi connectivity index (χ1n) is 11.3. The van der Waals surface area contributed by atoms with Gasteiger partial charge in [-0.25, -0.2) is 19.7 Å². The third kappa shape index (κ3) is 5.42. The van der Waals surface area contributed by atoms with Crippen molar-refractivity contribution in [3.63, 3.8) is 0 Å². The Kier molecular flexibility index (Phi) is 6.85. The molecule has 40 heavy (non-hydrogen) atoms. The Labute approximate surface area is 221 Å². The molecule has 0 bridgehead atoms. The van der Waals surface area contributed by atoms with Crippen LogP contribution < -0.4 is 24.3 Å². The van der Waals surface area contributed by atoms with Crippen molar-refractivity contribution in [2.75, 3.05) is 19.5 Å². The second-order valence-electron chi connectivity index (χ2n) is 8.02. The van der Waals surface area contributed by atoms with E-state index in [4.69, 9.17) is 14.2 Å². The van der Waals surface area contributed by atoms with Gasteiger partial charge in [0.25, 0.3) is 0 Å². The summed E-state index contributed by atoms with van der Waals surface area (Å²) in [6.45, 7) is 1.64. The van der Waals surface area contributed by atoms with E-state index in [-0.39, 0.29) is 41.0 Å². The SMILES string of the molecule is COc1cc2nc(Nc3nc(OC(=O)C(F)(F)F)c4cc(OCc5nn[nH]n5)ccc4n3)nc(C)c2cc1OC. The van der Waals surface area contributed by atoms with Crippen LogP contribution in [-0.2, 0) is 11.4 Å². The number of carbonyl (C=O) groups is 1. The standard InChI is InChI=1S/C23H18F3N9O5/c1-10-12-7-16(37-2)17(38-3)8-15(12)29-21(27-10)31-22-28-14-5-4-11(39-9-18-32-34-35-33-18)6-13(14)19(30-22)40-20(36)23(24,25)26/h4-8H,9H2,1-3H3,(H,32,33,34,35)(H,27,28,29,30,31). The van der Waals surface area contributed by atoms with Crippen molar-refractivity contribution in [2.45, 2.75) is 19.7 Å². The van der Waals surface area contributed by atoms with Crippen LogP contribution in [0, 0.1) is 6.92 Å². The van der Waals surface area contributed by atoms with Gasteiger partial charge in [0.15, 0.2) is 18.1 Å². The molecule has 14 nitrogen and oxygen atoms in total. The van der Waals surface area contributed by atoms with E-state index in [1.54, 1.807) is 19.1 Å². The molecule has 3 heterocycles. The quantitative estimate of drug-likeness (QED) is 0.267. The lowest BCUT2D eigenvalue weighted by molar-refractivity contribution is -0.189. The highest BCUT2D eigenvalue weighted by Crippen LogP contribution is 2.34. The summed E-state index contributed by atoms with van der Waals surface area (Å²) in [5.41, 5.74) is 1.18. The molecule has 5 rings (SSSR count). The third-order valence-corrected chi connectivity index (χ3v) is 5.43. The molecule has 0 saturated carbocycles. The van der Waals surface area contributed by atoms with Gasteiger partial charge in [0.1, 0.15) is 5.75 Å². The van der Waals surface area contributed by atoms with E-state index >= 15 is 0 Å². The minimum absolute atomic E-state index is 0.0267. The lowest BCUT2D eigenvalue weighted by atomic mass is 10.1. The van der Waals surface area contributed by atoms with Crippen LogP contribution in [0.3, 0.4) is 0 Å². The largest absolute Gasteiger partial charge is 0.493 e. The van der Waals surface area contributed by atoms with Gasteiger partial charge in [-0.05, 0) is 31.2 Å². The molecule has 0 saturated heterocycles. The Hall–Kier alpha value is -5.35. The molecule has 5 aromatic rings. The molecule has 0 amide bonds. The molecule has 0 spiro atoms. The van der Waals surface area contributed by atoms with Gasteiger partial charge in [-0.3, -0.25) is 5.32 Å². The fourth-order valence-corrected chi connectivity index (χ4v) is 3.60. The summed E-state index contributed by atoms with van der Waals surface area (Å²) in [6.07, 6.45) is -5.27. The second-order valence-corrected chi connectivity index (χ2v) is 8.02. The number of nitrogens with one attached hydrogen (secondary N) is 2. The molecule has 0 atom stereocenters. The normalized spacial score (nSPS) is 11.4.